The minimum Gasteiger partial charge on any atom is -0.487 e. The van der Waals surface area contributed by atoms with Crippen LogP contribution in [0.4, 0.5) is 15.9 Å². The first-order chi connectivity index (χ1) is 18.0. The Morgan fingerprint density at radius 2 is 2.16 bits per heavy atom. The fourth-order valence-electron chi connectivity index (χ4n) is 4.18. The minimum absolute atomic E-state index is 0.126. The van der Waals surface area contributed by atoms with E-state index in [1.165, 1.54) is 18.2 Å². The lowest BCUT2D eigenvalue weighted by atomic mass is 10.1. The number of halogens is 2. The number of benzene rings is 2. The lowest BCUT2D eigenvalue weighted by molar-refractivity contribution is -0.127. The van der Waals surface area contributed by atoms with E-state index in [0.29, 0.717) is 51.7 Å². The van der Waals surface area contributed by atoms with Gasteiger partial charge in [0.2, 0.25) is 17.5 Å². The number of nitrogens with zero attached hydrogens (tertiary/aromatic N) is 4. The SMILES string of the molecule is C=CC(=O)N1CCCC1c1cc(-c2nccc(Nc3ccc(OCc4cccc(F)c4)c(Cl)c3)n2)on1. The molecule has 5 rings (SSSR count). The fraction of sp³-hybridized carbons (Fsp3) is 0.185. The molecule has 37 heavy (non-hydrogen) atoms. The Balaban J connectivity index is 1.27. The molecule has 0 aliphatic carbocycles. The summed E-state index contributed by atoms with van der Waals surface area (Å²) in [4.78, 5) is 22.7. The highest BCUT2D eigenvalue weighted by Gasteiger charge is 2.31. The molecule has 0 radical (unpaired) electrons. The number of hydrogen-bond acceptors (Lipinski definition) is 7. The number of rotatable bonds is 8. The van der Waals surface area contributed by atoms with Gasteiger partial charge in [0.15, 0.2) is 0 Å². The Hall–Kier alpha value is -4.24. The highest BCUT2D eigenvalue weighted by Crippen LogP contribution is 2.34. The zero-order valence-electron chi connectivity index (χ0n) is 19.7. The van der Waals surface area contributed by atoms with E-state index in [0.717, 1.165) is 12.8 Å². The molecule has 10 heteroatoms. The van der Waals surface area contributed by atoms with Crippen LogP contribution >= 0.6 is 11.6 Å². The Kier molecular flexibility index (Phi) is 7.14. The molecule has 0 spiro atoms. The molecule has 1 saturated heterocycles. The van der Waals surface area contributed by atoms with E-state index in [1.54, 1.807) is 53.6 Å². The van der Waals surface area contributed by atoms with Crippen LogP contribution in [0.15, 0.2) is 78.0 Å². The predicted molar refractivity (Wildman–Crippen MR) is 137 cm³/mol. The maximum absolute atomic E-state index is 13.4. The second-order valence-electron chi connectivity index (χ2n) is 8.46. The first-order valence-electron chi connectivity index (χ1n) is 11.7. The summed E-state index contributed by atoms with van der Waals surface area (Å²) in [5.41, 5.74) is 2.05. The zero-order valence-corrected chi connectivity index (χ0v) is 20.5. The van der Waals surface area contributed by atoms with Crippen molar-refractivity contribution in [2.45, 2.75) is 25.5 Å². The van der Waals surface area contributed by atoms with E-state index in [1.807, 2.05) is 0 Å². The van der Waals surface area contributed by atoms with Crippen molar-refractivity contribution < 1.29 is 18.4 Å². The van der Waals surface area contributed by atoms with Gasteiger partial charge in [0, 0.05) is 24.5 Å². The van der Waals surface area contributed by atoms with Gasteiger partial charge in [-0.3, -0.25) is 4.79 Å². The highest BCUT2D eigenvalue weighted by atomic mass is 35.5. The van der Waals surface area contributed by atoms with E-state index in [9.17, 15) is 9.18 Å². The van der Waals surface area contributed by atoms with Crippen molar-refractivity contribution in [1.82, 2.24) is 20.0 Å². The van der Waals surface area contributed by atoms with Crippen LogP contribution in [0, 0.1) is 5.82 Å². The van der Waals surface area contributed by atoms with Crippen LogP contribution in [-0.2, 0) is 11.4 Å². The number of nitrogens with one attached hydrogen (secondary N) is 1. The average molecular weight is 520 g/mol. The fourth-order valence-corrected chi connectivity index (χ4v) is 4.42. The van der Waals surface area contributed by atoms with Crippen molar-refractivity contribution in [3.05, 3.63) is 95.5 Å². The Morgan fingerprint density at radius 3 is 2.97 bits per heavy atom. The van der Waals surface area contributed by atoms with E-state index in [-0.39, 0.29) is 24.4 Å². The first-order valence-corrected chi connectivity index (χ1v) is 12.0. The monoisotopic (exact) mass is 519 g/mol. The number of aromatic nitrogens is 3. The second-order valence-corrected chi connectivity index (χ2v) is 8.87. The van der Waals surface area contributed by atoms with Gasteiger partial charge in [-0.1, -0.05) is 35.5 Å². The maximum atomic E-state index is 13.4. The lowest BCUT2D eigenvalue weighted by Gasteiger charge is -2.20. The van der Waals surface area contributed by atoms with Crippen LogP contribution in [0.25, 0.3) is 11.6 Å². The molecule has 188 valence electrons. The molecule has 1 amide bonds. The molecule has 3 heterocycles. The molecule has 4 aromatic rings. The Labute approximate surface area is 217 Å². The van der Waals surface area contributed by atoms with Gasteiger partial charge in [0.1, 0.15) is 29.7 Å². The summed E-state index contributed by atoms with van der Waals surface area (Å²) in [6.07, 6.45) is 4.61. The number of amides is 1. The van der Waals surface area contributed by atoms with E-state index < -0.39 is 0 Å². The summed E-state index contributed by atoms with van der Waals surface area (Å²) >= 11 is 6.40. The smallest absolute Gasteiger partial charge is 0.246 e. The molecule has 0 bridgehead atoms. The van der Waals surface area contributed by atoms with Gasteiger partial charge in [0.25, 0.3) is 0 Å². The average Bonchev–Trinajstić information content (AvgIpc) is 3.58. The first kappa shape index (κ1) is 24.5. The van der Waals surface area contributed by atoms with Crippen molar-refractivity contribution in [2.75, 3.05) is 11.9 Å². The van der Waals surface area contributed by atoms with Gasteiger partial charge in [-0.2, -0.15) is 0 Å². The summed E-state index contributed by atoms with van der Waals surface area (Å²) in [7, 11) is 0. The van der Waals surface area contributed by atoms with Gasteiger partial charge in [-0.25, -0.2) is 14.4 Å². The molecule has 1 aliphatic heterocycles. The summed E-state index contributed by atoms with van der Waals surface area (Å²) in [6, 6.07) is 14.8. The molecule has 0 saturated carbocycles. The maximum Gasteiger partial charge on any atom is 0.246 e. The highest BCUT2D eigenvalue weighted by molar-refractivity contribution is 6.32. The molecule has 1 fully saturated rings. The van der Waals surface area contributed by atoms with Crippen molar-refractivity contribution in [3.63, 3.8) is 0 Å². The number of carbonyl (C=O) groups excluding carboxylic acids is 1. The predicted octanol–water partition coefficient (Wildman–Crippen LogP) is 6.10. The molecule has 1 atom stereocenters. The number of ether oxygens (including phenoxy) is 1. The van der Waals surface area contributed by atoms with Crippen LogP contribution < -0.4 is 10.1 Å². The summed E-state index contributed by atoms with van der Waals surface area (Å²) in [5, 5.41) is 7.75. The summed E-state index contributed by atoms with van der Waals surface area (Å²) < 4.78 is 24.6. The summed E-state index contributed by atoms with van der Waals surface area (Å²) in [5.74, 6) is 1.31. The van der Waals surface area contributed by atoms with Crippen molar-refractivity contribution in [1.29, 1.82) is 0 Å². The van der Waals surface area contributed by atoms with Crippen molar-refractivity contribution in [3.8, 4) is 17.3 Å². The van der Waals surface area contributed by atoms with Crippen LogP contribution in [0.1, 0.15) is 30.1 Å². The van der Waals surface area contributed by atoms with Gasteiger partial charge >= 0.3 is 0 Å². The Bertz CT molecular complexity index is 1440. The molecule has 8 nitrogen and oxygen atoms in total. The quantitative estimate of drug-likeness (QED) is 0.281. The third-order valence-corrected chi connectivity index (χ3v) is 6.24. The van der Waals surface area contributed by atoms with E-state index >= 15 is 0 Å². The minimum atomic E-state index is -0.319. The zero-order chi connectivity index (χ0) is 25.8. The van der Waals surface area contributed by atoms with Crippen molar-refractivity contribution >= 4 is 29.0 Å². The van der Waals surface area contributed by atoms with Gasteiger partial charge in [-0.05, 0) is 60.9 Å². The number of likely N-dealkylation sites (tertiary alicyclic amines) is 1. The summed E-state index contributed by atoms with van der Waals surface area (Å²) in [6.45, 7) is 4.43. The third kappa shape index (κ3) is 5.62. The lowest BCUT2D eigenvalue weighted by Crippen LogP contribution is -2.28. The largest absolute Gasteiger partial charge is 0.487 e. The van der Waals surface area contributed by atoms with Crippen LogP contribution in [-0.4, -0.2) is 32.5 Å². The van der Waals surface area contributed by atoms with Gasteiger partial charge < -0.3 is 19.5 Å². The number of carbonyl (C=O) groups is 1. The molecule has 2 aromatic carbocycles. The molecule has 2 aromatic heterocycles. The van der Waals surface area contributed by atoms with E-state index in [2.05, 4.69) is 27.0 Å². The third-order valence-electron chi connectivity index (χ3n) is 5.94. The standard InChI is InChI=1S/C27H23ClFN5O3/c1-2-26(35)34-12-4-7-22(34)21-15-24(37-33-21)27-30-11-10-25(32-27)31-19-8-9-23(20(28)14-19)36-16-17-5-3-6-18(29)13-17/h2-3,5-6,8-11,13-15,22H,1,4,7,12,16H2,(H,30,31,32). The van der Waals surface area contributed by atoms with Gasteiger partial charge in [-0.15, -0.1) is 0 Å². The Morgan fingerprint density at radius 1 is 1.27 bits per heavy atom. The van der Waals surface area contributed by atoms with Gasteiger partial charge in [0.05, 0.1) is 11.1 Å². The normalized spacial score (nSPS) is 15.0. The second kappa shape index (κ2) is 10.8. The van der Waals surface area contributed by atoms with Crippen LogP contribution in [0.5, 0.6) is 5.75 Å². The topological polar surface area (TPSA) is 93.4 Å². The van der Waals surface area contributed by atoms with E-state index in [4.69, 9.17) is 20.9 Å². The molecular formula is C27H23ClFN5O3. The number of anilines is 2. The molecule has 1 N–H and O–H groups in total. The van der Waals surface area contributed by atoms with Crippen LogP contribution in [0.2, 0.25) is 5.02 Å². The van der Waals surface area contributed by atoms with Crippen LogP contribution in [0.3, 0.4) is 0 Å². The molecule has 1 aliphatic rings. The van der Waals surface area contributed by atoms with Crippen molar-refractivity contribution in [2.24, 2.45) is 0 Å². The molecule has 1 unspecified atom stereocenters. The number of hydrogen-bond donors (Lipinski definition) is 1. The molecular weight excluding hydrogens is 497 g/mol.